The Bertz CT molecular complexity index is 479. The minimum atomic E-state index is -0.452. The van der Waals surface area contributed by atoms with Crippen LogP contribution in [0.4, 0.5) is 4.79 Å². The second-order valence-corrected chi connectivity index (χ2v) is 6.31. The fourth-order valence-corrected chi connectivity index (χ4v) is 2.87. The number of amidine groups is 1. The van der Waals surface area contributed by atoms with Crippen molar-refractivity contribution in [2.45, 2.75) is 37.0 Å². The number of carbonyl (C=O) groups is 2. The van der Waals surface area contributed by atoms with Crippen LogP contribution in [-0.2, 0) is 9.53 Å². The summed E-state index contributed by atoms with van der Waals surface area (Å²) >= 11 is 4.40. The van der Waals surface area contributed by atoms with Crippen LogP contribution in [0.1, 0.15) is 25.7 Å². The Morgan fingerprint density at radius 2 is 2.23 bits per heavy atom. The van der Waals surface area contributed by atoms with E-state index in [-0.39, 0.29) is 42.0 Å². The maximum atomic E-state index is 12.0. The highest BCUT2D eigenvalue weighted by Gasteiger charge is 2.36. The summed E-state index contributed by atoms with van der Waals surface area (Å²) in [6, 6.07) is -0.217. The summed E-state index contributed by atoms with van der Waals surface area (Å²) in [6.45, 7) is 4.09. The van der Waals surface area contributed by atoms with Gasteiger partial charge in [-0.3, -0.25) is 4.79 Å². The predicted molar refractivity (Wildman–Crippen MR) is 84.1 cm³/mol. The SMILES string of the molecule is C=CCOC(=O)N1C[C@@H](S)C[C@H]1C/C(=N/O)NC(=O)C1CC1. The van der Waals surface area contributed by atoms with Crippen LogP contribution in [0.2, 0.25) is 0 Å². The molecule has 0 bridgehead atoms. The number of amides is 2. The number of hydrogen-bond donors (Lipinski definition) is 3. The number of thiol groups is 1. The summed E-state index contributed by atoms with van der Waals surface area (Å²) in [7, 11) is 0. The molecule has 22 heavy (non-hydrogen) atoms. The van der Waals surface area contributed by atoms with Gasteiger partial charge in [-0.15, -0.1) is 0 Å². The summed E-state index contributed by atoms with van der Waals surface area (Å²) in [5.74, 6) is 0.0615. The molecule has 1 heterocycles. The van der Waals surface area contributed by atoms with Crippen LogP contribution in [0.5, 0.6) is 0 Å². The third-order valence-corrected chi connectivity index (χ3v) is 4.09. The zero-order valence-electron chi connectivity index (χ0n) is 12.3. The van der Waals surface area contributed by atoms with Crippen molar-refractivity contribution >= 4 is 30.5 Å². The molecule has 1 saturated heterocycles. The van der Waals surface area contributed by atoms with E-state index < -0.39 is 6.09 Å². The molecule has 0 aromatic heterocycles. The van der Waals surface area contributed by atoms with Gasteiger partial charge in [-0.25, -0.2) is 4.79 Å². The third kappa shape index (κ3) is 4.40. The van der Waals surface area contributed by atoms with Crippen molar-refractivity contribution in [1.82, 2.24) is 10.2 Å². The molecule has 1 aliphatic carbocycles. The van der Waals surface area contributed by atoms with E-state index in [1.54, 1.807) is 4.90 Å². The van der Waals surface area contributed by atoms with Crippen LogP contribution in [0.3, 0.4) is 0 Å². The molecule has 2 N–H and O–H groups in total. The summed E-state index contributed by atoms with van der Waals surface area (Å²) in [5.41, 5.74) is 0. The van der Waals surface area contributed by atoms with Gasteiger partial charge in [0.05, 0.1) is 0 Å². The van der Waals surface area contributed by atoms with E-state index in [1.165, 1.54) is 6.08 Å². The predicted octanol–water partition coefficient (Wildman–Crippen LogP) is 1.39. The van der Waals surface area contributed by atoms with E-state index in [0.29, 0.717) is 13.0 Å². The Hall–Kier alpha value is -1.70. The van der Waals surface area contributed by atoms with Gasteiger partial charge in [0, 0.05) is 30.2 Å². The molecule has 0 aromatic carbocycles. The number of nitrogens with one attached hydrogen (secondary N) is 1. The Labute approximate surface area is 134 Å². The highest BCUT2D eigenvalue weighted by atomic mass is 32.1. The van der Waals surface area contributed by atoms with Crippen molar-refractivity contribution < 1.29 is 19.5 Å². The molecular formula is C14H21N3O4S. The number of carbonyl (C=O) groups excluding carboxylic acids is 2. The molecule has 0 spiro atoms. The monoisotopic (exact) mass is 327 g/mol. The summed E-state index contributed by atoms with van der Waals surface area (Å²) in [6.07, 6.45) is 3.68. The summed E-state index contributed by atoms with van der Waals surface area (Å²) in [4.78, 5) is 25.3. The van der Waals surface area contributed by atoms with E-state index >= 15 is 0 Å². The molecule has 2 rings (SSSR count). The number of hydrogen-bond acceptors (Lipinski definition) is 6. The molecule has 122 valence electrons. The van der Waals surface area contributed by atoms with Gasteiger partial charge in [0.25, 0.3) is 0 Å². The molecule has 0 radical (unpaired) electrons. The van der Waals surface area contributed by atoms with Gasteiger partial charge in [0.2, 0.25) is 5.91 Å². The van der Waals surface area contributed by atoms with Crippen LogP contribution < -0.4 is 5.32 Å². The molecule has 2 amide bonds. The number of ether oxygens (including phenoxy) is 1. The zero-order chi connectivity index (χ0) is 16.1. The minimum absolute atomic E-state index is 0.0200. The number of oxime groups is 1. The Balaban J connectivity index is 1.93. The fraction of sp³-hybridized carbons (Fsp3) is 0.643. The highest BCUT2D eigenvalue weighted by Crippen LogP contribution is 2.29. The van der Waals surface area contributed by atoms with Gasteiger partial charge in [0.15, 0.2) is 0 Å². The minimum Gasteiger partial charge on any atom is -0.445 e. The molecule has 1 saturated carbocycles. The average Bonchev–Trinajstić information content (AvgIpc) is 3.28. The first-order valence-electron chi connectivity index (χ1n) is 7.29. The van der Waals surface area contributed by atoms with E-state index in [0.717, 1.165) is 12.8 Å². The summed E-state index contributed by atoms with van der Waals surface area (Å²) < 4.78 is 5.04. The first kappa shape index (κ1) is 16.7. The van der Waals surface area contributed by atoms with Gasteiger partial charge in [-0.05, 0) is 19.3 Å². The van der Waals surface area contributed by atoms with Crippen molar-refractivity contribution in [1.29, 1.82) is 0 Å². The van der Waals surface area contributed by atoms with Crippen LogP contribution in [0, 0.1) is 5.92 Å². The first-order chi connectivity index (χ1) is 10.5. The molecule has 2 fully saturated rings. The molecular weight excluding hydrogens is 306 g/mol. The molecule has 2 atom stereocenters. The zero-order valence-corrected chi connectivity index (χ0v) is 13.2. The largest absolute Gasteiger partial charge is 0.445 e. The van der Waals surface area contributed by atoms with Crippen molar-refractivity contribution in [3.8, 4) is 0 Å². The van der Waals surface area contributed by atoms with Crippen LogP contribution >= 0.6 is 12.6 Å². The van der Waals surface area contributed by atoms with Crippen molar-refractivity contribution in [2.24, 2.45) is 11.1 Å². The molecule has 7 nitrogen and oxygen atoms in total. The van der Waals surface area contributed by atoms with E-state index in [4.69, 9.17) is 9.94 Å². The highest BCUT2D eigenvalue weighted by molar-refractivity contribution is 7.81. The van der Waals surface area contributed by atoms with Crippen molar-refractivity contribution in [2.75, 3.05) is 13.2 Å². The smallest absolute Gasteiger partial charge is 0.410 e. The lowest BCUT2D eigenvalue weighted by molar-refractivity contribution is -0.120. The standard InChI is InChI=1S/C14H21N3O4S/c1-2-5-21-14(19)17-8-11(22)6-10(17)7-12(16-20)15-13(18)9-3-4-9/h2,9-11,20,22H,1,3-8H2,(H,15,16,18)/t10-,11-/m0/s1. The number of rotatable bonds is 5. The van der Waals surface area contributed by atoms with Crippen molar-refractivity contribution in [3.63, 3.8) is 0 Å². The third-order valence-electron chi connectivity index (χ3n) is 3.72. The van der Waals surface area contributed by atoms with Crippen LogP contribution in [0.15, 0.2) is 17.8 Å². The molecule has 0 aromatic rings. The van der Waals surface area contributed by atoms with Crippen LogP contribution in [0.25, 0.3) is 0 Å². The number of likely N-dealkylation sites (tertiary alicyclic amines) is 1. The molecule has 2 aliphatic rings. The van der Waals surface area contributed by atoms with Gasteiger partial charge in [0.1, 0.15) is 12.4 Å². The number of nitrogens with zero attached hydrogens (tertiary/aromatic N) is 2. The Morgan fingerprint density at radius 3 is 2.82 bits per heavy atom. The topological polar surface area (TPSA) is 91.2 Å². The second kappa shape index (κ2) is 7.53. The lowest BCUT2D eigenvalue weighted by Crippen LogP contribution is -2.41. The second-order valence-electron chi connectivity index (χ2n) is 5.58. The van der Waals surface area contributed by atoms with Gasteiger partial charge >= 0.3 is 6.09 Å². The summed E-state index contributed by atoms with van der Waals surface area (Å²) in [5, 5.41) is 14.9. The molecule has 1 aliphatic heterocycles. The average molecular weight is 327 g/mol. The van der Waals surface area contributed by atoms with Gasteiger partial charge in [-0.2, -0.15) is 12.6 Å². The maximum absolute atomic E-state index is 12.0. The first-order valence-corrected chi connectivity index (χ1v) is 7.81. The Kier molecular flexibility index (Phi) is 5.70. The van der Waals surface area contributed by atoms with E-state index in [2.05, 4.69) is 29.7 Å². The normalized spacial score (nSPS) is 25.0. The fourth-order valence-electron chi connectivity index (χ4n) is 2.45. The van der Waals surface area contributed by atoms with Crippen LogP contribution in [-0.4, -0.2) is 52.4 Å². The van der Waals surface area contributed by atoms with Crippen molar-refractivity contribution in [3.05, 3.63) is 12.7 Å². The van der Waals surface area contributed by atoms with E-state index in [9.17, 15) is 9.59 Å². The maximum Gasteiger partial charge on any atom is 0.410 e. The lowest BCUT2D eigenvalue weighted by atomic mass is 10.1. The van der Waals surface area contributed by atoms with E-state index in [1.807, 2.05) is 0 Å². The molecule has 0 unspecified atom stereocenters. The Morgan fingerprint density at radius 1 is 1.50 bits per heavy atom. The molecule has 8 heteroatoms. The van der Waals surface area contributed by atoms with Gasteiger partial charge in [-0.1, -0.05) is 17.8 Å². The quantitative estimate of drug-likeness (QED) is 0.178. The van der Waals surface area contributed by atoms with Gasteiger partial charge < -0.3 is 20.2 Å². The lowest BCUT2D eigenvalue weighted by Gasteiger charge is -2.23.